The number of hydrogen-bond acceptors (Lipinski definition) is 7. The normalized spacial score (nSPS) is 13.4. The highest BCUT2D eigenvalue weighted by Gasteiger charge is 2.18. The van der Waals surface area contributed by atoms with E-state index in [1.54, 1.807) is 24.5 Å². The molecule has 0 aliphatic carbocycles. The summed E-state index contributed by atoms with van der Waals surface area (Å²) in [5, 5.41) is 9.09. The SMILES string of the molecule is Cc1occc1-c1nnc(SCC(=O)c2ccc3c(c2)OCCCO3)n1C. The van der Waals surface area contributed by atoms with Gasteiger partial charge in [-0.15, -0.1) is 10.2 Å². The lowest BCUT2D eigenvalue weighted by Crippen LogP contribution is -2.05. The number of aromatic nitrogens is 3. The first-order valence-corrected chi connectivity index (χ1v) is 9.61. The molecule has 3 heterocycles. The monoisotopic (exact) mass is 385 g/mol. The Balaban J connectivity index is 1.46. The molecule has 1 aliphatic heterocycles. The van der Waals surface area contributed by atoms with Gasteiger partial charge in [-0.05, 0) is 31.2 Å². The Bertz CT molecular complexity index is 979. The largest absolute Gasteiger partial charge is 0.490 e. The van der Waals surface area contributed by atoms with Gasteiger partial charge in [0, 0.05) is 19.0 Å². The lowest BCUT2D eigenvalue weighted by molar-refractivity contribution is 0.102. The number of carbonyl (C=O) groups is 1. The molecule has 0 saturated heterocycles. The number of carbonyl (C=O) groups excluding carboxylic acids is 1. The number of Topliss-reactive ketones (excluding diaryl/α,β-unsaturated/α-hetero) is 1. The number of ether oxygens (including phenoxy) is 2. The van der Waals surface area contributed by atoms with Gasteiger partial charge < -0.3 is 18.5 Å². The van der Waals surface area contributed by atoms with Gasteiger partial charge in [0.15, 0.2) is 28.3 Å². The summed E-state index contributed by atoms with van der Waals surface area (Å²) in [6.07, 6.45) is 2.46. The minimum atomic E-state index is -0.000288. The smallest absolute Gasteiger partial charge is 0.191 e. The Morgan fingerprint density at radius 3 is 2.78 bits per heavy atom. The zero-order chi connectivity index (χ0) is 18.8. The fourth-order valence-electron chi connectivity index (χ4n) is 2.84. The van der Waals surface area contributed by atoms with Gasteiger partial charge in [0.1, 0.15) is 5.76 Å². The van der Waals surface area contributed by atoms with Crippen LogP contribution >= 0.6 is 11.8 Å². The van der Waals surface area contributed by atoms with Gasteiger partial charge in [-0.1, -0.05) is 11.8 Å². The van der Waals surface area contributed by atoms with E-state index < -0.39 is 0 Å². The third-order valence-corrected chi connectivity index (χ3v) is 5.36. The van der Waals surface area contributed by atoms with Gasteiger partial charge in [-0.3, -0.25) is 4.79 Å². The number of benzene rings is 1. The molecule has 1 aromatic carbocycles. The van der Waals surface area contributed by atoms with Gasteiger partial charge in [0.05, 0.1) is 30.8 Å². The van der Waals surface area contributed by atoms with Crippen LogP contribution in [-0.4, -0.2) is 39.5 Å². The lowest BCUT2D eigenvalue weighted by atomic mass is 10.1. The Labute approximate surface area is 160 Å². The molecule has 0 saturated carbocycles. The number of nitrogens with zero attached hydrogens (tertiary/aromatic N) is 3. The topological polar surface area (TPSA) is 79.4 Å². The van der Waals surface area contributed by atoms with Crippen LogP contribution < -0.4 is 9.47 Å². The van der Waals surface area contributed by atoms with Crippen molar-refractivity contribution in [3.05, 3.63) is 41.9 Å². The maximum atomic E-state index is 12.6. The molecule has 0 fully saturated rings. The zero-order valence-electron chi connectivity index (χ0n) is 15.1. The Morgan fingerprint density at radius 1 is 1.19 bits per heavy atom. The summed E-state index contributed by atoms with van der Waals surface area (Å²) in [5.74, 6) is 3.07. The van der Waals surface area contributed by atoms with E-state index in [1.807, 2.05) is 24.6 Å². The molecular formula is C19H19N3O4S. The maximum absolute atomic E-state index is 12.6. The minimum absolute atomic E-state index is 0.000288. The standard InChI is InChI=1S/C19H19N3O4S/c1-12-14(6-9-24-12)18-20-21-19(22(18)2)27-11-15(23)13-4-5-16-17(10-13)26-8-3-7-25-16/h4-6,9-10H,3,7-8,11H2,1-2H3. The summed E-state index contributed by atoms with van der Waals surface area (Å²) in [5.41, 5.74) is 1.49. The molecule has 7 nitrogen and oxygen atoms in total. The van der Waals surface area contributed by atoms with E-state index in [2.05, 4.69) is 10.2 Å². The number of rotatable bonds is 5. The first kappa shape index (κ1) is 17.7. The predicted octanol–water partition coefficient (Wildman–Crippen LogP) is 3.52. The molecule has 140 valence electrons. The van der Waals surface area contributed by atoms with Crippen molar-refractivity contribution in [2.45, 2.75) is 18.5 Å². The van der Waals surface area contributed by atoms with E-state index in [0.717, 1.165) is 17.7 Å². The summed E-state index contributed by atoms with van der Waals surface area (Å²) in [4.78, 5) is 12.6. The van der Waals surface area contributed by atoms with E-state index in [9.17, 15) is 4.79 Å². The zero-order valence-corrected chi connectivity index (χ0v) is 15.9. The van der Waals surface area contributed by atoms with Gasteiger partial charge in [-0.2, -0.15) is 0 Å². The average Bonchev–Trinajstić information content (AvgIpc) is 3.16. The first-order valence-electron chi connectivity index (χ1n) is 8.63. The second-order valence-electron chi connectivity index (χ2n) is 6.18. The maximum Gasteiger partial charge on any atom is 0.191 e. The van der Waals surface area contributed by atoms with E-state index in [4.69, 9.17) is 13.9 Å². The van der Waals surface area contributed by atoms with Crippen LogP contribution in [0.15, 0.2) is 40.1 Å². The van der Waals surface area contributed by atoms with Crippen LogP contribution in [0.4, 0.5) is 0 Å². The highest BCUT2D eigenvalue weighted by atomic mass is 32.2. The lowest BCUT2D eigenvalue weighted by Gasteiger charge is -2.08. The number of aryl methyl sites for hydroxylation is 1. The molecule has 3 aromatic rings. The van der Waals surface area contributed by atoms with Crippen LogP contribution in [-0.2, 0) is 7.05 Å². The van der Waals surface area contributed by atoms with Crippen molar-refractivity contribution >= 4 is 17.5 Å². The van der Waals surface area contributed by atoms with Crippen LogP contribution in [0, 0.1) is 6.92 Å². The summed E-state index contributed by atoms with van der Waals surface area (Å²) in [6.45, 7) is 3.10. The molecule has 2 aromatic heterocycles. The number of furan rings is 1. The minimum Gasteiger partial charge on any atom is -0.490 e. The molecule has 0 unspecified atom stereocenters. The number of fused-ring (bicyclic) bond motifs is 1. The quantitative estimate of drug-likeness (QED) is 0.491. The van der Waals surface area contributed by atoms with Gasteiger partial charge in [-0.25, -0.2) is 0 Å². The third-order valence-electron chi connectivity index (χ3n) is 4.34. The predicted molar refractivity (Wildman–Crippen MR) is 101 cm³/mol. The molecule has 27 heavy (non-hydrogen) atoms. The average molecular weight is 385 g/mol. The van der Waals surface area contributed by atoms with Crippen molar-refractivity contribution in [2.24, 2.45) is 7.05 Å². The van der Waals surface area contributed by atoms with Crippen LogP contribution in [0.3, 0.4) is 0 Å². The van der Waals surface area contributed by atoms with Gasteiger partial charge in [0.2, 0.25) is 0 Å². The van der Waals surface area contributed by atoms with Gasteiger partial charge in [0.25, 0.3) is 0 Å². The number of ketones is 1. The van der Waals surface area contributed by atoms with Crippen LogP contribution in [0.25, 0.3) is 11.4 Å². The number of thioether (sulfide) groups is 1. The highest BCUT2D eigenvalue weighted by molar-refractivity contribution is 7.99. The second kappa shape index (κ2) is 7.48. The Hall–Kier alpha value is -2.74. The van der Waals surface area contributed by atoms with Gasteiger partial charge >= 0.3 is 0 Å². The molecule has 0 bridgehead atoms. The molecule has 0 N–H and O–H groups in total. The molecule has 8 heteroatoms. The third kappa shape index (κ3) is 3.57. The summed E-state index contributed by atoms with van der Waals surface area (Å²) >= 11 is 1.35. The van der Waals surface area contributed by atoms with E-state index in [1.165, 1.54) is 11.8 Å². The fourth-order valence-corrected chi connectivity index (χ4v) is 3.65. The van der Waals surface area contributed by atoms with E-state index in [-0.39, 0.29) is 11.5 Å². The highest BCUT2D eigenvalue weighted by Crippen LogP contribution is 2.31. The van der Waals surface area contributed by atoms with Crippen LogP contribution in [0.1, 0.15) is 22.5 Å². The Kier molecular flexibility index (Phi) is 4.89. The molecule has 1 aliphatic rings. The number of hydrogen-bond donors (Lipinski definition) is 0. The molecular weight excluding hydrogens is 366 g/mol. The molecule has 0 radical (unpaired) electrons. The van der Waals surface area contributed by atoms with Crippen LogP contribution in [0.5, 0.6) is 11.5 Å². The Morgan fingerprint density at radius 2 is 2.00 bits per heavy atom. The molecule has 0 amide bonds. The van der Waals surface area contributed by atoms with Crippen molar-refractivity contribution in [3.8, 4) is 22.9 Å². The second-order valence-corrected chi connectivity index (χ2v) is 7.12. The van der Waals surface area contributed by atoms with Crippen molar-refractivity contribution < 1.29 is 18.7 Å². The van der Waals surface area contributed by atoms with Crippen molar-refractivity contribution in [3.63, 3.8) is 0 Å². The van der Waals surface area contributed by atoms with Crippen molar-refractivity contribution in [1.29, 1.82) is 0 Å². The van der Waals surface area contributed by atoms with E-state index in [0.29, 0.717) is 41.3 Å². The van der Waals surface area contributed by atoms with Crippen molar-refractivity contribution in [1.82, 2.24) is 14.8 Å². The molecule has 0 atom stereocenters. The van der Waals surface area contributed by atoms with E-state index >= 15 is 0 Å². The molecule has 4 rings (SSSR count). The summed E-state index contributed by atoms with van der Waals surface area (Å²) < 4.78 is 18.5. The summed E-state index contributed by atoms with van der Waals surface area (Å²) in [6, 6.07) is 7.17. The van der Waals surface area contributed by atoms with Crippen LogP contribution in [0.2, 0.25) is 0 Å². The van der Waals surface area contributed by atoms with Crippen molar-refractivity contribution in [2.75, 3.05) is 19.0 Å². The molecule has 0 spiro atoms. The fraction of sp³-hybridized carbons (Fsp3) is 0.316. The first-order chi connectivity index (χ1) is 13.1. The summed E-state index contributed by atoms with van der Waals surface area (Å²) in [7, 11) is 1.88.